The molecule has 0 fully saturated rings. The zero-order valence-corrected chi connectivity index (χ0v) is 13.7. The number of benzene rings is 2. The Labute approximate surface area is 146 Å². The van der Waals surface area contributed by atoms with Gasteiger partial charge in [-0.1, -0.05) is 42.1 Å². The quantitative estimate of drug-likeness (QED) is 0.400. The number of carbonyl (C=O) groups is 2. The van der Waals surface area contributed by atoms with Crippen molar-refractivity contribution in [2.24, 2.45) is 5.10 Å². The van der Waals surface area contributed by atoms with Crippen LogP contribution in [0.4, 0.5) is 0 Å². The molecule has 7 nitrogen and oxygen atoms in total. The summed E-state index contributed by atoms with van der Waals surface area (Å²) in [7, 11) is 0. The second kappa shape index (κ2) is 7.63. The molecule has 25 heavy (non-hydrogen) atoms. The van der Waals surface area contributed by atoms with Crippen molar-refractivity contribution in [1.29, 1.82) is 0 Å². The number of aromatic nitrogens is 1. The van der Waals surface area contributed by atoms with Crippen LogP contribution in [-0.2, 0) is 4.79 Å². The van der Waals surface area contributed by atoms with E-state index in [1.54, 1.807) is 24.3 Å². The molecule has 0 unspecified atom stereocenters. The van der Waals surface area contributed by atoms with Crippen molar-refractivity contribution in [2.45, 2.75) is 5.22 Å². The van der Waals surface area contributed by atoms with Crippen LogP contribution in [0.15, 0.2) is 63.3 Å². The number of nitrogens with zero attached hydrogens (tertiary/aromatic N) is 2. The van der Waals surface area contributed by atoms with Gasteiger partial charge in [-0.25, -0.2) is 15.2 Å². The number of rotatable bonds is 6. The molecule has 2 aromatic carbocycles. The molecule has 0 aliphatic heterocycles. The van der Waals surface area contributed by atoms with Gasteiger partial charge in [-0.3, -0.25) is 4.79 Å². The van der Waals surface area contributed by atoms with Crippen LogP contribution >= 0.6 is 11.8 Å². The summed E-state index contributed by atoms with van der Waals surface area (Å²) in [6.07, 6.45) is 1.30. The molecular weight excluding hydrogens is 342 g/mol. The van der Waals surface area contributed by atoms with Gasteiger partial charge in [-0.05, 0) is 18.2 Å². The molecule has 3 rings (SSSR count). The summed E-state index contributed by atoms with van der Waals surface area (Å²) in [5.41, 5.74) is 4.26. The molecule has 126 valence electrons. The summed E-state index contributed by atoms with van der Waals surface area (Å²) in [6.45, 7) is 0. The van der Waals surface area contributed by atoms with E-state index in [1.165, 1.54) is 12.3 Å². The maximum Gasteiger partial charge on any atom is 0.336 e. The predicted octanol–water partition coefficient (Wildman–Crippen LogP) is 2.77. The molecule has 0 spiro atoms. The van der Waals surface area contributed by atoms with Crippen LogP contribution < -0.4 is 5.43 Å². The van der Waals surface area contributed by atoms with Crippen molar-refractivity contribution in [3.63, 3.8) is 0 Å². The Bertz CT molecular complexity index is 919. The molecule has 0 atom stereocenters. The van der Waals surface area contributed by atoms with E-state index < -0.39 is 5.97 Å². The molecule has 1 amide bonds. The number of oxazole rings is 1. The van der Waals surface area contributed by atoms with Crippen LogP contribution in [0.1, 0.15) is 15.9 Å². The third-order valence-electron chi connectivity index (χ3n) is 3.19. The summed E-state index contributed by atoms with van der Waals surface area (Å²) in [5, 5.41) is 13.3. The van der Waals surface area contributed by atoms with Crippen LogP contribution in [-0.4, -0.2) is 33.9 Å². The van der Waals surface area contributed by atoms with Gasteiger partial charge in [0.05, 0.1) is 17.5 Å². The third-order valence-corrected chi connectivity index (χ3v) is 4.01. The lowest BCUT2D eigenvalue weighted by Gasteiger charge is -2.00. The zero-order valence-electron chi connectivity index (χ0n) is 12.9. The molecule has 0 bridgehead atoms. The highest BCUT2D eigenvalue weighted by Gasteiger charge is 2.09. The standard InChI is InChI=1S/C17H13N3O4S/c21-15(10-25-17-19-13-7-3-4-8-14(13)24-17)20-18-9-11-5-1-2-6-12(11)16(22)23/h1-9H,10H2,(H,20,21)(H,22,23)/b18-9-. The van der Waals surface area contributed by atoms with Crippen molar-refractivity contribution >= 4 is 41.0 Å². The molecule has 2 N–H and O–H groups in total. The minimum absolute atomic E-state index is 0.0741. The van der Waals surface area contributed by atoms with Crippen LogP contribution in [0, 0.1) is 0 Å². The lowest BCUT2D eigenvalue weighted by Crippen LogP contribution is -2.19. The first kappa shape index (κ1) is 16.7. The number of fused-ring (bicyclic) bond motifs is 1. The van der Waals surface area contributed by atoms with Gasteiger partial charge in [0, 0.05) is 5.56 Å². The highest BCUT2D eigenvalue weighted by atomic mass is 32.2. The number of carbonyl (C=O) groups excluding carboxylic acids is 1. The lowest BCUT2D eigenvalue weighted by atomic mass is 10.1. The summed E-state index contributed by atoms with van der Waals surface area (Å²) in [6, 6.07) is 13.7. The largest absolute Gasteiger partial charge is 0.478 e. The van der Waals surface area contributed by atoms with E-state index in [-0.39, 0.29) is 17.2 Å². The van der Waals surface area contributed by atoms with Crippen LogP contribution in [0.2, 0.25) is 0 Å². The van der Waals surface area contributed by atoms with E-state index in [0.29, 0.717) is 16.4 Å². The fraction of sp³-hybridized carbons (Fsp3) is 0.0588. The fourth-order valence-electron chi connectivity index (χ4n) is 2.05. The van der Waals surface area contributed by atoms with Gasteiger partial charge in [0.2, 0.25) is 0 Å². The maximum atomic E-state index is 11.8. The molecule has 0 saturated heterocycles. The van der Waals surface area contributed by atoms with Crippen molar-refractivity contribution in [3.05, 3.63) is 59.7 Å². The zero-order chi connectivity index (χ0) is 17.6. The van der Waals surface area contributed by atoms with E-state index in [9.17, 15) is 9.59 Å². The van der Waals surface area contributed by atoms with Gasteiger partial charge in [0.15, 0.2) is 5.58 Å². The Morgan fingerprint density at radius 1 is 1.20 bits per heavy atom. The van der Waals surface area contributed by atoms with E-state index in [2.05, 4.69) is 15.5 Å². The monoisotopic (exact) mass is 355 g/mol. The Hall–Kier alpha value is -3.13. The topological polar surface area (TPSA) is 105 Å². The van der Waals surface area contributed by atoms with Gasteiger partial charge in [0.1, 0.15) is 5.52 Å². The minimum Gasteiger partial charge on any atom is -0.478 e. The Kier molecular flexibility index (Phi) is 5.10. The number of aromatic carboxylic acids is 1. The third kappa shape index (κ3) is 4.24. The van der Waals surface area contributed by atoms with E-state index in [0.717, 1.165) is 17.3 Å². The number of thioether (sulfide) groups is 1. The fourth-order valence-corrected chi connectivity index (χ4v) is 2.68. The van der Waals surface area contributed by atoms with Gasteiger partial charge < -0.3 is 9.52 Å². The number of para-hydroxylation sites is 2. The predicted molar refractivity (Wildman–Crippen MR) is 93.9 cm³/mol. The molecule has 1 aromatic heterocycles. The number of amides is 1. The average Bonchev–Trinajstić information content (AvgIpc) is 3.03. The van der Waals surface area contributed by atoms with E-state index >= 15 is 0 Å². The highest BCUT2D eigenvalue weighted by Crippen LogP contribution is 2.22. The van der Waals surface area contributed by atoms with Crippen molar-refractivity contribution < 1.29 is 19.1 Å². The second-order valence-electron chi connectivity index (χ2n) is 4.92. The van der Waals surface area contributed by atoms with Crippen LogP contribution in [0.3, 0.4) is 0 Å². The van der Waals surface area contributed by atoms with Crippen LogP contribution in [0.25, 0.3) is 11.1 Å². The van der Waals surface area contributed by atoms with Crippen molar-refractivity contribution in [2.75, 3.05) is 5.75 Å². The smallest absolute Gasteiger partial charge is 0.336 e. The first-order chi connectivity index (χ1) is 12.1. The molecule has 0 radical (unpaired) electrons. The molecule has 1 heterocycles. The second-order valence-corrected chi connectivity index (χ2v) is 5.85. The highest BCUT2D eigenvalue weighted by molar-refractivity contribution is 7.99. The van der Waals surface area contributed by atoms with Crippen molar-refractivity contribution in [3.8, 4) is 0 Å². The minimum atomic E-state index is -1.06. The molecule has 3 aromatic rings. The van der Waals surface area contributed by atoms with E-state index in [4.69, 9.17) is 9.52 Å². The number of carboxylic acids is 1. The number of hydrogen-bond acceptors (Lipinski definition) is 6. The lowest BCUT2D eigenvalue weighted by molar-refractivity contribution is -0.118. The van der Waals surface area contributed by atoms with E-state index in [1.807, 2.05) is 18.2 Å². The average molecular weight is 355 g/mol. The van der Waals surface area contributed by atoms with Gasteiger partial charge >= 0.3 is 5.97 Å². The summed E-state index contributed by atoms with van der Waals surface area (Å²) >= 11 is 1.15. The Morgan fingerprint density at radius 3 is 2.76 bits per heavy atom. The molecule has 8 heteroatoms. The number of hydrazone groups is 1. The molecule has 0 saturated carbocycles. The van der Waals surface area contributed by atoms with Crippen molar-refractivity contribution in [1.82, 2.24) is 10.4 Å². The number of carboxylic acid groups (broad SMARTS) is 1. The SMILES string of the molecule is O=C(CSc1nc2ccccc2o1)N/N=C\c1ccccc1C(=O)O. The summed E-state index contributed by atoms with van der Waals surface area (Å²) in [5.74, 6) is -1.33. The summed E-state index contributed by atoms with van der Waals surface area (Å²) in [4.78, 5) is 27.1. The molecule has 0 aliphatic rings. The number of nitrogens with one attached hydrogen (secondary N) is 1. The van der Waals surface area contributed by atoms with Gasteiger partial charge in [-0.15, -0.1) is 0 Å². The molecular formula is C17H13N3O4S. The molecule has 0 aliphatic carbocycles. The normalized spacial score (nSPS) is 11.0. The van der Waals surface area contributed by atoms with Gasteiger partial charge in [-0.2, -0.15) is 5.10 Å². The Balaban J connectivity index is 1.55. The Morgan fingerprint density at radius 2 is 1.96 bits per heavy atom. The summed E-state index contributed by atoms with van der Waals surface area (Å²) < 4.78 is 5.50. The van der Waals surface area contributed by atoms with Crippen LogP contribution in [0.5, 0.6) is 0 Å². The maximum absolute atomic E-state index is 11.8. The first-order valence-corrected chi connectivity index (χ1v) is 8.24. The van der Waals surface area contributed by atoms with Gasteiger partial charge in [0.25, 0.3) is 11.1 Å². The first-order valence-electron chi connectivity index (χ1n) is 7.26. The number of hydrogen-bond donors (Lipinski definition) is 2.